The second kappa shape index (κ2) is 5.85. The lowest BCUT2D eigenvalue weighted by Gasteiger charge is -2.22. The van der Waals surface area contributed by atoms with Crippen molar-refractivity contribution in [3.63, 3.8) is 0 Å². The van der Waals surface area contributed by atoms with Crippen LogP contribution in [0.4, 0.5) is 24.8 Å². The van der Waals surface area contributed by atoms with Gasteiger partial charge in [-0.15, -0.1) is 0 Å². The predicted octanol–water partition coefficient (Wildman–Crippen LogP) is 1.29. The molecule has 0 amide bonds. The fourth-order valence-electron chi connectivity index (χ4n) is 1.44. The SMILES string of the molecule is CCN(CCCO)c1cc(N)nc(C(F)(F)F)n1. The number of alkyl halides is 3. The van der Waals surface area contributed by atoms with Crippen LogP contribution in [0.3, 0.4) is 0 Å². The van der Waals surface area contributed by atoms with Gasteiger partial charge in [0.05, 0.1) is 0 Å². The Bertz CT molecular complexity index is 397. The molecule has 0 spiro atoms. The molecule has 0 bridgehead atoms. The zero-order chi connectivity index (χ0) is 13.8. The number of aliphatic hydroxyl groups excluding tert-OH is 1. The third-order valence-corrected chi connectivity index (χ3v) is 2.28. The van der Waals surface area contributed by atoms with Gasteiger partial charge in [-0.25, -0.2) is 9.97 Å². The zero-order valence-corrected chi connectivity index (χ0v) is 9.91. The molecule has 0 aliphatic heterocycles. The van der Waals surface area contributed by atoms with Gasteiger partial charge >= 0.3 is 6.18 Å². The highest BCUT2D eigenvalue weighted by atomic mass is 19.4. The lowest BCUT2D eigenvalue weighted by atomic mass is 10.3. The Hall–Kier alpha value is -1.57. The first kappa shape index (κ1) is 14.5. The number of anilines is 2. The van der Waals surface area contributed by atoms with E-state index in [-0.39, 0.29) is 18.2 Å². The number of aromatic nitrogens is 2. The Morgan fingerprint density at radius 1 is 1.39 bits per heavy atom. The molecular weight excluding hydrogens is 249 g/mol. The minimum absolute atomic E-state index is 0.0385. The molecule has 0 aliphatic rings. The first-order chi connectivity index (χ1) is 8.38. The molecule has 0 fully saturated rings. The average molecular weight is 264 g/mol. The van der Waals surface area contributed by atoms with Crippen LogP contribution in [-0.4, -0.2) is 34.8 Å². The van der Waals surface area contributed by atoms with Crippen molar-refractivity contribution >= 4 is 11.6 Å². The van der Waals surface area contributed by atoms with Crippen LogP contribution in [0.2, 0.25) is 0 Å². The molecule has 3 N–H and O–H groups in total. The number of nitrogens with two attached hydrogens (primary N) is 1. The summed E-state index contributed by atoms with van der Waals surface area (Å²) in [5.74, 6) is -1.36. The molecule has 0 radical (unpaired) electrons. The van der Waals surface area contributed by atoms with Gasteiger partial charge in [-0.1, -0.05) is 0 Å². The van der Waals surface area contributed by atoms with Crippen molar-refractivity contribution in [2.24, 2.45) is 0 Å². The van der Waals surface area contributed by atoms with Gasteiger partial charge in [0.1, 0.15) is 11.6 Å². The third-order valence-electron chi connectivity index (χ3n) is 2.28. The van der Waals surface area contributed by atoms with Gasteiger partial charge in [-0.2, -0.15) is 13.2 Å². The van der Waals surface area contributed by atoms with Crippen molar-refractivity contribution in [3.05, 3.63) is 11.9 Å². The Morgan fingerprint density at radius 3 is 2.56 bits per heavy atom. The maximum atomic E-state index is 12.5. The highest BCUT2D eigenvalue weighted by Crippen LogP contribution is 2.28. The van der Waals surface area contributed by atoms with E-state index < -0.39 is 12.0 Å². The monoisotopic (exact) mass is 264 g/mol. The Labute approximate surface area is 102 Å². The quantitative estimate of drug-likeness (QED) is 0.838. The molecule has 8 heteroatoms. The van der Waals surface area contributed by atoms with E-state index in [1.807, 2.05) is 0 Å². The summed E-state index contributed by atoms with van der Waals surface area (Å²) >= 11 is 0. The number of nitrogen functional groups attached to an aromatic ring is 1. The zero-order valence-electron chi connectivity index (χ0n) is 9.91. The maximum absolute atomic E-state index is 12.5. The Balaban J connectivity index is 3.04. The molecule has 18 heavy (non-hydrogen) atoms. The number of halogens is 3. The summed E-state index contributed by atoms with van der Waals surface area (Å²) in [4.78, 5) is 8.23. The smallest absolute Gasteiger partial charge is 0.396 e. The van der Waals surface area contributed by atoms with Crippen LogP contribution >= 0.6 is 0 Å². The van der Waals surface area contributed by atoms with E-state index in [0.717, 1.165) is 0 Å². The van der Waals surface area contributed by atoms with Crippen LogP contribution in [0.15, 0.2) is 6.07 Å². The molecule has 0 aromatic carbocycles. The van der Waals surface area contributed by atoms with E-state index in [0.29, 0.717) is 19.5 Å². The molecule has 1 heterocycles. The summed E-state index contributed by atoms with van der Waals surface area (Å²) in [7, 11) is 0. The predicted molar refractivity (Wildman–Crippen MR) is 61.0 cm³/mol. The van der Waals surface area contributed by atoms with E-state index in [1.165, 1.54) is 6.07 Å². The molecule has 102 valence electrons. The molecule has 0 saturated carbocycles. The first-order valence-corrected chi connectivity index (χ1v) is 5.46. The standard InChI is InChI=1S/C10H15F3N4O/c1-2-17(4-3-5-18)8-6-7(14)15-9(16-8)10(11,12)13/h6,18H,2-5H2,1H3,(H2,14,15,16). The lowest BCUT2D eigenvalue weighted by Crippen LogP contribution is -2.27. The minimum atomic E-state index is -4.62. The van der Waals surface area contributed by atoms with Crippen molar-refractivity contribution in [1.82, 2.24) is 9.97 Å². The molecule has 5 nitrogen and oxygen atoms in total. The summed E-state index contributed by atoms with van der Waals surface area (Å²) in [6.45, 7) is 2.61. The second-order valence-corrected chi connectivity index (χ2v) is 3.63. The fraction of sp³-hybridized carbons (Fsp3) is 0.600. The third kappa shape index (κ3) is 3.73. The molecule has 1 aromatic heterocycles. The van der Waals surface area contributed by atoms with E-state index in [1.54, 1.807) is 11.8 Å². The van der Waals surface area contributed by atoms with Gasteiger partial charge < -0.3 is 15.7 Å². The van der Waals surface area contributed by atoms with Crippen LogP contribution in [0.1, 0.15) is 19.2 Å². The number of nitrogens with zero attached hydrogens (tertiary/aromatic N) is 3. The summed E-state index contributed by atoms with van der Waals surface area (Å²) in [6, 6.07) is 1.29. The van der Waals surface area contributed by atoms with Gasteiger partial charge in [0.25, 0.3) is 0 Å². The molecule has 1 rings (SSSR count). The fourth-order valence-corrected chi connectivity index (χ4v) is 1.44. The van der Waals surface area contributed by atoms with Crippen molar-refractivity contribution in [1.29, 1.82) is 0 Å². The summed E-state index contributed by atoms with van der Waals surface area (Å²) in [5.41, 5.74) is 5.35. The summed E-state index contributed by atoms with van der Waals surface area (Å²) < 4.78 is 37.6. The Morgan fingerprint density at radius 2 is 2.06 bits per heavy atom. The van der Waals surface area contributed by atoms with Crippen molar-refractivity contribution in [2.45, 2.75) is 19.5 Å². The van der Waals surface area contributed by atoms with Crippen LogP contribution in [0.25, 0.3) is 0 Å². The highest BCUT2D eigenvalue weighted by molar-refractivity contribution is 5.47. The van der Waals surface area contributed by atoms with Gasteiger partial charge in [-0.3, -0.25) is 0 Å². The molecule has 0 aliphatic carbocycles. The van der Waals surface area contributed by atoms with E-state index in [2.05, 4.69) is 9.97 Å². The Kier molecular flexibility index (Phi) is 4.71. The summed E-state index contributed by atoms with van der Waals surface area (Å²) in [6.07, 6.45) is -4.18. The molecule has 0 saturated heterocycles. The number of aliphatic hydroxyl groups is 1. The molecular formula is C10H15F3N4O. The van der Waals surface area contributed by atoms with E-state index in [9.17, 15) is 13.2 Å². The van der Waals surface area contributed by atoms with Gasteiger partial charge in [-0.05, 0) is 13.3 Å². The maximum Gasteiger partial charge on any atom is 0.451 e. The van der Waals surface area contributed by atoms with Crippen molar-refractivity contribution < 1.29 is 18.3 Å². The van der Waals surface area contributed by atoms with Crippen molar-refractivity contribution in [2.75, 3.05) is 30.3 Å². The second-order valence-electron chi connectivity index (χ2n) is 3.63. The highest BCUT2D eigenvalue weighted by Gasteiger charge is 2.35. The molecule has 0 atom stereocenters. The molecule has 1 aromatic rings. The minimum Gasteiger partial charge on any atom is -0.396 e. The molecule has 0 unspecified atom stereocenters. The topological polar surface area (TPSA) is 75.3 Å². The van der Waals surface area contributed by atoms with Gasteiger partial charge in [0, 0.05) is 25.8 Å². The summed E-state index contributed by atoms with van der Waals surface area (Å²) in [5, 5.41) is 8.73. The number of hydrogen-bond acceptors (Lipinski definition) is 5. The lowest BCUT2D eigenvalue weighted by molar-refractivity contribution is -0.144. The number of rotatable bonds is 5. The van der Waals surface area contributed by atoms with E-state index >= 15 is 0 Å². The van der Waals surface area contributed by atoms with Gasteiger partial charge in [0.15, 0.2) is 0 Å². The largest absolute Gasteiger partial charge is 0.451 e. The van der Waals surface area contributed by atoms with Crippen LogP contribution in [0.5, 0.6) is 0 Å². The van der Waals surface area contributed by atoms with Crippen LogP contribution in [-0.2, 0) is 6.18 Å². The normalized spacial score (nSPS) is 11.6. The van der Waals surface area contributed by atoms with Crippen molar-refractivity contribution in [3.8, 4) is 0 Å². The van der Waals surface area contributed by atoms with E-state index in [4.69, 9.17) is 10.8 Å². The first-order valence-electron chi connectivity index (χ1n) is 5.46. The van der Waals surface area contributed by atoms with Crippen LogP contribution < -0.4 is 10.6 Å². The average Bonchev–Trinajstić information content (AvgIpc) is 2.28. The number of hydrogen-bond donors (Lipinski definition) is 2. The van der Waals surface area contributed by atoms with Crippen LogP contribution in [0, 0.1) is 0 Å². The van der Waals surface area contributed by atoms with Gasteiger partial charge in [0.2, 0.25) is 5.82 Å².